The molecule has 0 fully saturated rings. The lowest BCUT2D eigenvalue weighted by Crippen LogP contribution is -2.21. The molecule has 0 bridgehead atoms. The van der Waals surface area contributed by atoms with Gasteiger partial charge in [0.25, 0.3) is 5.91 Å². The number of amides is 1. The highest BCUT2D eigenvalue weighted by Gasteiger charge is 2.24. The molecule has 1 unspecified atom stereocenters. The van der Waals surface area contributed by atoms with Crippen LogP contribution in [-0.2, 0) is 11.3 Å². The van der Waals surface area contributed by atoms with E-state index in [1.54, 1.807) is 41.2 Å². The monoisotopic (exact) mass is 444 g/mol. The zero-order valence-electron chi connectivity index (χ0n) is 15.4. The van der Waals surface area contributed by atoms with Crippen LogP contribution in [0.1, 0.15) is 17.2 Å². The fourth-order valence-electron chi connectivity index (χ4n) is 3.14. The van der Waals surface area contributed by atoms with Crippen LogP contribution in [0.3, 0.4) is 0 Å². The number of aliphatic hydroxyl groups excluding tert-OH is 1. The average Bonchev–Trinajstić information content (AvgIpc) is 3.10. The van der Waals surface area contributed by atoms with Gasteiger partial charge in [0.05, 0.1) is 15.7 Å². The number of nitrogens with zero attached hydrogens (tertiary/aromatic N) is 3. The number of carbonyl (C=O) groups excluding carboxylic acids is 1. The Morgan fingerprint density at radius 2 is 1.87 bits per heavy atom. The highest BCUT2D eigenvalue weighted by molar-refractivity contribution is 6.39. The first-order valence-electron chi connectivity index (χ1n) is 8.90. The summed E-state index contributed by atoms with van der Waals surface area (Å²) in [5, 5.41) is 14.2. The molecule has 30 heavy (non-hydrogen) atoms. The molecular formula is C21H15Cl2FN4O2. The van der Waals surface area contributed by atoms with E-state index in [1.807, 2.05) is 0 Å². The van der Waals surface area contributed by atoms with Gasteiger partial charge < -0.3 is 15.0 Å². The quantitative estimate of drug-likeness (QED) is 0.471. The van der Waals surface area contributed by atoms with E-state index >= 15 is 0 Å². The van der Waals surface area contributed by atoms with Crippen LogP contribution in [0.25, 0.3) is 11.0 Å². The topological polar surface area (TPSA) is 80.0 Å². The summed E-state index contributed by atoms with van der Waals surface area (Å²) in [4.78, 5) is 20.9. The number of fused-ring (bicyclic) bond motifs is 1. The van der Waals surface area contributed by atoms with Crippen molar-refractivity contribution in [2.75, 3.05) is 5.32 Å². The van der Waals surface area contributed by atoms with Gasteiger partial charge in [0.2, 0.25) is 0 Å². The first-order valence-corrected chi connectivity index (χ1v) is 9.66. The predicted octanol–water partition coefficient (Wildman–Crippen LogP) is 4.60. The Hall–Kier alpha value is -3.00. The smallest absolute Gasteiger partial charge is 0.258 e. The normalized spacial score (nSPS) is 12.1. The Labute approximate surface area is 180 Å². The van der Waals surface area contributed by atoms with Gasteiger partial charge in [0.15, 0.2) is 6.10 Å². The van der Waals surface area contributed by atoms with E-state index in [-0.39, 0.29) is 21.5 Å². The number of aromatic nitrogens is 3. The summed E-state index contributed by atoms with van der Waals surface area (Å²) in [6.45, 7) is 0.393. The van der Waals surface area contributed by atoms with E-state index in [0.717, 1.165) is 5.56 Å². The Morgan fingerprint density at radius 1 is 1.17 bits per heavy atom. The molecule has 1 amide bonds. The molecule has 2 N–H and O–H groups in total. The molecule has 0 radical (unpaired) electrons. The number of carbonyl (C=O) groups is 1. The number of halogens is 3. The second-order valence-electron chi connectivity index (χ2n) is 6.58. The molecule has 1 aromatic carbocycles. The number of anilines is 1. The molecule has 3 heterocycles. The summed E-state index contributed by atoms with van der Waals surface area (Å²) in [6.07, 6.45) is 4.46. The van der Waals surface area contributed by atoms with Crippen molar-refractivity contribution < 1.29 is 14.3 Å². The summed E-state index contributed by atoms with van der Waals surface area (Å²) in [7, 11) is 0. The zero-order chi connectivity index (χ0) is 21.3. The standard InChI is InChI=1S/C21H15Cl2FN4O2/c22-16-8-25-9-17(23)18(16)27-21(30)19(29)15-11-28(20-14(15)2-1-7-26-20)10-12-3-5-13(24)6-4-12/h1-9,11,19,29H,10H2,(H,25,27,30). The maximum Gasteiger partial charge on any atom is 0.258 e. The molecule has 0 saturated heterocycles. The van der Waals surface area contributed by atoms with E-state index in [4.69, 9.17) is 23.2 Å². The van der Waals surface area contributed by atoms with Gasteiger partial charge >= 0.3 is 0 Å². The number of pyridine rings is 2. The molecule has 0 aliphatic rings. The number of rotatable bonds is 5. The van der Waals surface area contributed by atoms with Crippen LogP contribution >= 0.6 is 23.2 Å². The van der Waals surface area contributed by atoms with Gasteiger partial charge in [-0.15, -0.1) is 0 Å². The van der Waals surface area contributed by atoms with Gasteiger partial charge in [-0.1, -0.05) is 35.3 Å². The molecule has 4 aromatic rings. The van der Waals surface area contributed by atoms with Crippen molar-refractivity contribution >= 4 is 45.8 Å². The minimum Gasteiger partial charge on any atom is -0.378 e. The SMILES string of the molecule is O=C(Nc1c(Cl)cncc1Cl)C(O)c1cn(Cc2ccc(F)cc2)c2ncccc12. The molecule has 6 nitrogen and oxygen atoms in total. The summed E-state index contributed by atoms with van der Waals surface area (Å²) in [5.74, 6) is -1.02. The van der Waals surface area contributed by atoms with Gasteiger partial charge in [-0.05, 0) is 29.8 Å². The van der Waals surface area contributed by atoms with Crippen LogP contribution in [0, 0.1) is 5.82 Å². The molecule has 3 aromatic heterocycles. The summed E-state index contributed by atoms with van der Waals surface area (Å²) in [6, 6.07) is 9.57. The highest BCUT2D eigenvalue weighted by Crippen LogP contribution is 2.31. The van der Waals surface area contributed by atoms with E-state index < -0.39 is 12.0 Å². The van der Waals surface area contributed by atoms with Crippen molar-refractivity contribution in [3.8, 4) is 0 Å². The Morgan fingerprint density at radius 3 is 2.57 bits per heavy atom. The third kappa shape index (κ3) is 4.00. The van der Waals surface area contributed by atoms with Gasteiger partial charge in [0, 0.05) is 42.3 Å². The van der Waals surface area contributed by atoms with Crippen molar-refractivity contribution in [2.24, 2.45) is 0 Å². The molecule has 0 aliphatic carbocycles. The second-order valence-corrected chi connectivity index (χ2v) is 7.40. The molecule has 4 rings (SSSR count). The van der Waals surface area contributed by atoms with Crippen molar-refractivity contribution in [3.63, 3.8) is 0 Å². The molecule has 0 spiro atoms. The predicted molar refractivity (Wildman–Crippen MR) is 113 cm³/mol. The molecule has 0 saturated carbocycles. The lowest BCUT2D eigenvalue weighted by Gasteiger charge is -2.12. The van der Waals surface area contributed by atoms with Crippen LogP contribution in [0.2, 0.25) is 10.0 Å². The zero-order valence-corrected chi connectivity index (χ0v) is 16.9. The summed E-state index contributed by atoms with van der Waals surface area (Å²) >= 11 is 12.1. The molecule has 9 heteroatoms. The largest absolute Gasteiger partial charge is 0.378 e. The number of hydrogen-bond donors (Lipinski definition) is 2. The first-order chi connectivity index (χ1) is 14.4. The van der Waals surface area contributed by atoms with Crippen molar-refractivity contribution in [1.82, 2.24) is 14.5 Å². The molecule has 0 aliphatic heterocycles. The Kier molecular flexibility index (Phi) is 5.67. The third-order valence-corrected chi connectivity index (χ3v) is 5.15. The van der Waals surface area contributed by atoms with E-state index in [1.165, 1.54) is 24.5 Å². The lowest BCUT2D eigenvalue weighted by molar-refractivity contribution is -0.124. The van der Waals surface area contributed by atoms with Crippen molar-refractivity contribution in [2.45, 2.75) is 12.6 Å². The maximum absolute atomic E-state index is 13.2. The van der Waals surface area contributed by atoms with Gasteiger partial charge in [0.1, 0.15) is 11.5 Å². The first kappa shape index (κ1) is 20.3. The van der Waals surface area contributed by atoms with E-state index in [2.05, 4.69) is 15.3 Å². The Bertz CT molecular complexity index is 1210. The van der Waals surface area contributed by atoms with Crippen LogP contribution in [-0.4, -0.2) is 25.5 Å². The number of benzene rings is 1. The number of hydrogen-bond acceptors (Lipinski definition) is 4. The lowest BCUT2D eigenvalue weighted by atomic mass is 10.1. The minimum absolute atomic E-state index is 0.156. The summed E-state index contributed by atoms with van der Waals surface area (Å²) in [5.41, 5.74) is 1.98. The van der Waals surface area contributed by atoms with Crippen LogP contribution in [0.5, 0.6) is 0 Å². The number of nitrogens with one attached hydrogen (secondary N) is 1. The van der Waals surface area contributed by atoms with Crippen molar-refractivity contribution in [3.05, 3.63) is 88.2 Å². The Balaban J connectivity index is 1.66. The number of aliphatic hydroxyl groups is 1. The van der Waals surface area contributed by atoms with Crippen LogP contribution < -0.4 is 5.32 Å². The van der Waals surface area contributed by atoms with E-state index in [9.17, 15) is 14.3 Å². The average molecular weight is 445 g/mol. The summed E-state index contributed by atoms with van der Waals surface area (Å²) < 4.78 is 15.0. The highest BCUT2D eigenvalue weighted by atomic mass is 35.5. The van der Waals surface area contributed by atoms with Gasteiger partial charge in [-0.3, -0.25) is 9.78 Å². The van der Waals surface area contributed by atoms with Gasteiger partial charge in [-0.2, -0.15) is 0 Å². The fourth-order valence-corrected chi connectivity index (χ4v) is 3.60. The van der Waals surface area contributed by atoms with Crippen LogP contribution in [0.4, 0.5) is 10.1 Å². The van der Waals surface area contributed by atoms with Crippen molar-refractivity contribution in [1.29, 1.82) is 0 Å². The van der Waals surface area contributed by atoms with Crippen LogP contribution in [0.15, 0.2) is 61.2 Å². The molecular weight excluding hydrogens is 430 g/mol. The fraction of sp³-hybridized carbons (Fsp3) is 0.0952. The van der Waals surface area contributed by atoms with Gasteiger partial charge in [-0.25, -0.2) is 9.37 Å². The second kappa shape index (κ2) is 8.39. The third-order valence-electron chi connectivity index (χ3n) is 4.58. The van der Waals surface area contributed by atoms with E-state index in [0.29, 0.717) is 23.1 Å². The molecule has 152 valence electrons. The maximum atomic E-state index is 13.2. The minimum atomic E-state index is -1.49. The molecule has 1 atom stereocenters.